The third kappa shape index (κ3) is 3.54. The first-order valence-electron chi connectivity index (χ1n) is 9.32. The van der Waals surface area contributed by atoms with E-state index < -0.39 is 29.4 Å². The Bertz CT molecular complexity index is 1100. The van der Waals surface area contributed by atoms with E-state index in [0.717, 1.165) is 0 Å². The van der Waals surface area contributed by atoms with Gasteiger partial charge in [-0.05, 0) is 13.8 Å². The Morgan fingerprint density at radius 1 is 1.27 bits per heavy atom. The number of alkyl halides is 1. The molecule has 3 aromatic rings. The molecule has 8 nitrogen and oxygen atoms in total. The van der Waals surface area contributed by atoms with Crippen molar-refractivity contribution in [3.05, 3.63) is 35.7 Å². The molecular formula is C19H21F3N6O2. The average molecular weight is 422 g/mol. The van der Waals surface area contributed by atoms with E-state index in [0.29, 0.717) is 24.0 Å². The van der Waals surface area contributed by atoms with Crippen LogP contribution in [0.25, 0.3) is 17.0 Å². The molecule has 1 saturated heterocycles. The predicted molar refractivity (Wildman–Crippen MR) is 103 cm³/mol. The summed E-state index contributed by atoms with van der Waals surface area (Å²) in [5.74, 6) is -1.82. The maximum atomic E-state index is 14.6. The lowest BCUT2D eigenvalue weighted by Gasteiger charge is -2.19. The lowest BCUT2D eigenvalue weighted by Crippen LogP contribution is -2.30. The molecule has 0 aromatic carbocycles. The van der Waals surface area contributed by atoms with Gasteiger partial charge in [0.2, 0.25) is 0 Å². The molecule has 0 radical (unpaired) electrons. The largest absolute Gasteiger partial charge is 0.495 e. The van der Waals surface area contributed by atoms with Gasteiger partial charge in [-0.15, -0.1) is 0 Å². The summed E-state index contributed by atoms with van der Waals surface area (Å²) < 4.78 is 49.4. The van der Waals surface area contributed by atoms with Crippen molar-refractivity contribution in [3.63, 3.8) is 0 Å². The summed E-state index contributed by atoms with van der Waals surface area (Å²) in [6, 6.07) is 1.54. The number of pyridine rings is 1. The number of rotatable bonds is 5. The fraction of sp³-hybridized carbons (Fsp3) is 0.421. The van der Waals surface area contributed by atoms with Crippen LogP contribution in [-0.4, -0.2) is 57.1 Å². The van der Waals surface area contributed by atoms with Crippen molar-refractivity contribution in [3.8, 4) is 17.1 Å². The summed E-state index contributed by atoms with van der Waals surface area (Å²) in [6.07, 6.45) is 0.108. The fourth-order valence-corrected chi connectivity index (χ4v) is 3.35. The number of methoxy groups -OCH3 is 1. The zero-order chi connectivity index (χ0) is 21.6. The molecule has 1 aliphatic rings. The second kappa shape index (κ2) is 7.40. The number of nitrogens with zero attached hydrogens (tertiary/aromatic N) is 4. The van der Waals surface area contributed by atoms with Gasteiger partial charge in [-0.3, -0.25) is 0 Å². The van der Waals surface area contributed by atoms with Gasteiger partial charge >= 0.3 is 0 Å². The summed E-state index contributed by atoms with van der Waals surface area (Å²) >= 11 is 0. The number of halogens is 3. The van der Waals surface area contributed by atoms with Crippen LogP contribution in [0.1, 0.15) is 19.5 Å². The standard InChI is InChI=1S/C19H21F3N6O2/c1-19(2,29)17-14(30-3)5-15-24-8-13(28(15)27-17)16-9(20)4-10(21)18(26-16)25-12-7-23-6-11(12)22/h4-5,8,11-12,23,29H,6-7H2,1-3H3,(H,25,26)/t11-,12-/m0/s1. The molecule has 0 spiro atoms. The first-order chi connectivity index (χ1) is 14.2. The van der Waals surface area contributed by atoms with Crippen molar-refractivity contribution in [1.82, 2.24) is 24.9 Å². The molecule has 4 heterocycles. The van der Waals surface area contributed by atoms with E-state index in [1.165, 1.54) is 31.7 Å². The van der Waals surface area contributed by atoms with Crippen LogP contribution in [-0.2, 0) is 5.60 Å². The van der Waals surface area contributed by atoms with Gasteiger partial charge in [0.25, 0.3) is 0 Å². The van der Waals surface area contributed by atoms with Gasteiger partial charge < -0.3 is 20.5 Å². The molecule has 11 heteroatoms. The SMILES string of the molecule is COc1cc2ncc(-c3nc(N[C@H]4CNC[C@@H]4F)c(F)cc3F)n2nc1C(C)(C)O. The zero-order valence-corrected chi connectivity index (χ0v) is 16.6. The molecule has 3 N–H and O–H groups in total. The quantitative estimate of drug-likeness (QED) is 0.579. The molecule has 1 fully saturated rings. The number of aliphatic hydroxyl groups is 1. The maximum absolute atomic E-state index is 14.6. The number of aromatic nitrogens is 4. The number of anilines is 1. The van der Waals surface area contributed by atoms with Crippen LogP contribution in [0.4, 0.5) is 19.0 Å². The highest BCUT2D eigenvalue weighted by atomic mass is 19.1. The molecular weight excluding hydrogens is 401 g/mol. The summed E-state index contributed by atoms with van der Waals surface area (Å²) in [4.78, 5) is 8.23. The van der Waals surface area contributed by atoms with Crippen molar-refractivity contribution in [2.75, 3.05) is 25.5 Å². The summed E-state index contributed by atoms with van der Waals surface area (Å²) in [6.45, 7) is 3.50. The second-order valence-corrected chi connectivity index (χ2v) is 7.61. The Morgan fingerprint density at radius 2 is 2.03 bits per heavy atom. The number of hydrogen-bond donors (Lipinski definition) is 3. The Hall–Kier alpha value is -2.92. The zero-order valence-electron chi connectivity index (χ0n) is 16.6. The molecule has 0 bridgehead atoms. The van der Waals surface area contributed by atoms with Crippen molar-refractivity contribution < 1.29 is 23.0 Å². The predicted octanol–water partition coefficient (Wildman–Crippen LogP) is 2.03. The van der Waals surface area contributed by atoms with E-state index in [2.05, 4.69) is 25.7 Å². The molecule has 1 aliphatic heterocycles. The minimum absolute atomic E-state index is 0.139. The third-order valence-corrected chi connectivity index (χ3v) is 4.89. The Kier molecular flexibility index (Phi) is 5.02. The maximum Gasteiger partial charge on any atom is 0.168 e. The Balaban J connectivity index is 1.82. The molecule has 0 saturated carbocycles. The Labute approximate surface area is 170 Å². The van der Waals surface area contributed by atoms with Crippen LogP contribution in [0.3, 0.4) is 0 Å². The van der Waals surface area contributed by atoms with E-state index in [-0.39, 0.29) is 29.4 Å². The summed E-state index contributed by atoms with van der Waals surface area (Å²) in [5, 5.41) is 20.3. The van der Waals surface area contributed by atoms with E-state index in [1.807, 2.05) is 0 Å². The van der Waals surface area contributed by atoms with Crippen molar-refractivity contribution >= 4 is 11.5 Å². The van der Waals surface area contributed by atoms with Gasteiger partial charge in [0.05, 0.1) is 19.3 Å². The third-order valence-electron chi connectivity index (χ3n) is 4.89. The van der Waals surface area contributed by atoms with Crippen LogP contribution in [0.15, 0.2) is 18.3 Å². The van der Waals surface area contributed by atoms with E-state index in [4.69, 9.17) is 4.74 Å². The van der Waals surface area contributed by atoms with Crippen molar-refractivity contribution in [2.45, 2.75) is 31.7 Å². The summed E-state index contributed by atoms with van der Waals surface area (Å²) in [5.41, 5.74) is -0.908. The van der Waals surface area contributed by atoms with Crippen LogP contribution >= 0.6 is 0 Å². The molecule has 160 valence electrons. The molecule has 3 aromatic heterocycles. The van der Waals surface area contributed by atoms with E-state index in [9.17, 15) is 18.3 Å². The normalized spacial score (nSPS) is 19.4. The van der Waals surface area contributed by atoms with Gasteiger partial charge in [-0.25, -0.2) is 27.7 Å². The number of nitrogens with one attached hydrogen (secondary N) is 2. The second-order valence-electron chi connectivity index (χ2n) is 7.61. The minimum Gasteiger partial charge on any atom is -0.495 e. The molecule has 0 aliphatic carbocycles. The van der Waals surface area contributed by atoms with Crippen LogP contribution in [0.2, 0.25) is 0 Å². The van der Waals surface area contributed by atoms with Crippen molar-refractivity contribution in [1.29, 1.82) is 0 Å². The Morgan fingerprint density at radius 3 is 2.67 bits per heavy atom. The lowest BCUT2D eigenvalue weighted by molar-refractivity contribution is 0.0694. The first-order valence-corrected chi connectivity index (χ1v) is 9.32. The fourth-order valence-electron chi connectivity index (χ4n) is 3.35. The minimum atomic E-state index is -1.35. The van der Waals surface area contributed by atoms with E-state index in [1.54, 1.807) is 6.07 Å². The molecule has 2 atom stereocenters. The molecule has 0 unspecified atom stereocenters. The number of ether oxygens (including phenoxy) is 1. The van der Waals surface area contributed by atoms with Gasteiger partial charge in [0.15, 0.2) is 23.1 Å². The highest BCUT2D eigenvalue weighted by molar-refractivity contribution is 5.63. The van der Waals surface area contributed by atoms with Crippen LogP contribution in [0.5, 0.6) is 5.75 Å². The van der Waals surface area contributed by atoms with Gasteiger partial charge in [0, 0.05) is 25.2 Å². The topological polar surface area (TPSA) is 96.6 Å². The number of hydrogen-bond acceptors (Lipinski definition) is 7. The highest BCUT2D eigenvalue weighted by Gasteiger charge is 2.29. The monoisotopic (exact) mass is 422 g/mol. The summed E-state index contributed by atoms with van der Waals surface area (Å²) in [7, 11) is 1.43. The average Bonchev–Trinajstić information content (AvgIpc) is 3.28. The van der Waals surface area contributed by atoms with Crippen LogP contribution < -0.4 is 15.4 Å². The first kappa shape index (κ1) is 20.4. The van der Waals surface area contributed by atoms with Gasteiger partial charge in [-0.1, -0.05) is 0 Å². The van der Waals surface area contributed by atoms with Gasteiger partial charge in [0.1, 0.15) is 34.6 Å². The number of fused-ring (bicyclic) bond motifs is 1. The molecule has 0 amide bonds. The molecule has 4 rings (SSSR count). The highest BCUT2D eigenvalue weighted by Crippen LogP contribution is 2.31. The van der Waals surface area contributed by atoms with Crippen molar-refractivity contribution in [2.24, 2.45) is 0 Å². The van der Waals surface area contributed by atoms with Crippen LogP contribution in [0, 0.1) is 11.6 Å². The smallest absolute Gasteiger partial charge is 0.168 e. The van der Waals surface area contributed by atoms with E-state index >= 15 is 0 Å². The molecule has 30 heavy (non-hydrogen) atoms. The number of imidazole rings is 1. The lowest BCUT2D eigenvalue weighted by atomic mass is 10.0. The van der Waals surface area contributed by atoms with Gasteiger partial charge in [-0.2, -0.15) is 5.10 Å².